The van der Waals surface area contributed by atoms with Gasteiger partial charge >= 0.3 is 46.2 Å². The van der Waals surface area contributed by atoms with Gasteiger partial charge in [-0.15, -0.1) is 4.52 Å². The standard InChI is InChI=1S/C10H10F15N6O5P3/c11-6(12,13)1-32-37(28-27-26)29-38(33-2-7(14,15)16,34-3-8(17,18)19)31-39(30-37,35-4-9(20,21)22)36-5-10(23,24)25/h1-5H2. The monoisotopic (exact) mass is 672 g/mol. The largest absolute Gasteiger partial charge is 0.412 e. The topological polar surface area (TPSA) is 132 Å². The minimum Gasteiger partial charge on any atom is -0.313 e. The van der Waals surface area contributed by atoms with Crippen LogP contribution in [0.15, 0.2) is 18.4 Å². The molecule has 1 aliphatic heterocycles. The highest BCUT2D eigenvalue weighted by molar-refractivity contribution is 7.79. The molecule has 1 aliphatic rings. The first-order chi connectivity index (χ1) is 17.2. The highest BCUT2D eigenvalue weighted by atomic mass is 31.3. The molecule has 1 rings (SSSR count). The summed E-state index contributed by atoms with van der Waals surface area (Å²) in [6.07, 6.45) is -27.6. The van der Waals surface area contributed by atoms with Crippen LogP contribution in [-0.2, 0) is 22.6 Å². The van der Waals surface area contributed by atoms with E-state index < -0.39 is 86.8 Å². The third-order valence-electron chi connectivity index (χ3n) is 2.83. The minimum absolute atomic E-state index is 1.88. The molecule has 0 amide bonds. The zero-order valence-corrected chi connectivity index (χ0v) is 20.5. The van der Waals surface area contributed by atoms with Crippen molar-refractivity contribution >= 4 is 22.9 Å². The summed E-state index contributed by atoms with van der Waals surface area (Å²) in [7, 11) is -17.8. The SMILES string of the molecule is [N-]=[N+]=NP1(OCC(F)(F)F)=NP(OCC(F)(F)F)(OCC(F)(F)F)=NP(OCC(F)(F)F)(OCC(F)(F)F)=N1. The Kier molecular flexibility index (Phi) is 11.3. The van der Waals surface area contributed by atoms with Crippen molar-refractivity contribution in [2.24, 2.45) is 18.4 Å². The molecule has 11 nitrogen and oxygen atoms in total. The van der Waals surface area contributed by atoms with E-state index in [-0.39, 0.29) is 0 Å². The maximum atomic E-state index is 12.8. The van der Waals surface area contributed by atoms with Crippen LogP contribution in [0.2, 0.25) is 0 Å². The maximum absolute atomic E-state index is 12.8. The lowest BCUT2D eigenvalue weighted by molar-refractivity contribution is -0.163. The van der Waals surface area contributed by atoms with Gasteiger partial charge in [0.1, 0.15) is 0 Å². The van der Waals surface area contributed by atoms with Crippen LogP contribution in [0.5, 0.6) is 0 Å². The van der Waals surface area contributed by atoms with Crippen molar-refractivity contribution < 1.29 is 88.5 Å². The molecule has 1 atom stereocenters. The Balaban J connectivity index is 4.12. The van der Waals surface area contributed by atoms with Crippen LogP contribution < -0.4 is 0 Å². The summed E-state index contributed by atoms with van der Waals surface area (Å²) in [5.41, 5.74) is 8.71. The Hall–Kier alpha value is -1.25. The summed E-state index contributed by atoms with van der Waals surface area (Å²) < 4.78 is 221. The second-order valence-corrected chi connectivity index (χ2v) is 13.0. The Morgan fingerprint density at radius 2 is 0.769 bits per heavy atom. The number of hydrogen-bond donors (Lipinski definition) is 0. The fourth-order valence-corrected chi connectivity index (χ4v) is 10.9. The van der Waals surface area contributed by atoms with E-state index in [1.807, 2.05) is 4.91 Å². The smallest absolute Gasteiger partial charge is 0.313 e. The molecular formula is C10H10F15N6O5P3. The fourth-order valence-electron chi connectivity index (χ4n) is 1.73. The van der Waals surface area contributed by atoms with E-state index in [0.717, 1.165) is 0 Å². The van der Waals surface area contributed by atoms with Crippen LogP contribution in [0.4, 0.5) is 65.9 Å². The van der Waals surface area contributed by atoms with E-state index in [1.54, 1.807) is 0 Å². The molecule has 0 fully saturated rings. The van der Waals surface area contributed by atoms with E-state index in [4.69, 9.17) is 5.53 Å². The summed E-state index contributed by atoms with van der Waals surface area (Å²) in [5, 5.41) is 0. The van der Waals surface area contributed by atoms with Gasteiger partial charge in [0.05, 0.1) is 0 Å². The summed E-state index contributed by atoms with van der Waals surface area (Å²) in [4.78, 5) is 4.35. The van der Waals surface area contributed by atoms with Gasteiger partial charge in [0, 0.05) is 4.91 Å². The van der Waals surface area contributed by atoms with Crippen LogP contribution in [0.1, 0.15) is 0 Å². The van der Waals surface area contributed by atoms with Gasteiger partial charge in [-0.05, 0) is 10.4 Å². The third kappa shape index (κ3) is 14.3. The highest BCUT2D eigenvalue weighted by Crippen LogP contribution is 2.81. The van der Waals surface area contributed by atoms with Gasteiger partial charge in [-0.2, -0.15) is 74.9 Å². The maximum Gasteiger partial charge on any atom is 0.412 e. The van der Waals surface area contributed by atoms with Crippen LogP contribution in [0.3, 0.4) is 0 Å². The van der Waals surface area contributed by atoms with E-state index in [0.29, 0.717) is 0 Å². The molecule has 29 heteroatoms. The number of hydrogen-bond acceptors (Lipinski definition) is 9. The van der Waals surface area contributed by atoms with Crippen LogP contribution >= 0.6 is 22.9 Å². The molecule has 230 valence electrons. The van der Waals surface area contributed by atoms with Crippen molar-refractivity contribution in [3.05, 3.63) is 10.4 Å². The lowest BCUT2D eigenvalue weighted by Crippen LogP contribution is -2.22. The number of nitrogens with zero attached hydrogens (tertiary/aromatic N) is 6. The summed E-state index contributed by atoms with van der Waals surface area (Å²) in [6.45, 7) is -13.6. The first-order valence-electron chi connectivity index (χ1n) is 8.76. The Bertz CT molecular complexity index is 991. The molecule has 0 aromatic rings. The first-order valence-corrected chi connectivity index (χ1v) is 13.4. The molecule has 0 saturated heterocycles. The number of halogens is 15. The van der Waals surface area contributed by atoms with Crippen molar-refractivity contribution in [1.29, 1.82) is 0 Å². The minimum atomic E-state index is -6.03. The lowest BCUT2D eigenvalue weighted by atomic mass is 10.7. The highest BCUT2D eigenvalue weighted by Gasteiger charge is 2.49. The third-order valence-corrected chi connectivity index (χ3v) is 11.0. The molecule has 1 heterocycles. The normalized spacial score (nSPS) is 21.8. The van der Waals surface area contributed by atoms with Gasteiger partial charge in [0.2, 0.25) is 0 Å². The molecule has 0 radical (unpaired) electrons. The number of rotatable bonds is 11. The average Bonchev–Trinajstić information content (AvgIpc) is 2.70. The van der Waals surface area contributed by atoms with Crippen molar-refractivity contribution in [3.63, 3.8) is 0 Å². The molecule has 0 bridgehead atoms. The van der Waals surface area contributed by atoms with Gasteiger partial charge in [-0.1, -0.05) is 0 Å². The predicted octanol–water partition coefficient (Wildman–Crippen LogP) is 9.04. The van der Waals surface area contributed by atoms with Gasteiger partial charge < -0.3 is 4.52 Å². The second kappa shape index (κ2) is 12.3. The molecule has 0 saturated carbocycles. The van der Waals surface area contributed by atoms with E-state index in [2.05, 4.69) is 41.0 Å². The van der Waals surface area contributed by atoms with Crippen molar-refractivity contribution in [2.75, 3.05) is 33.0 Å². The van der Waals surface area contributed by atoms with Crippen molar-refractivity contribution in [1.82, 2.24) is 0 Å². The summed E-state index contributed by atoms with van der Waals surface area (Å²) in [6, 6.07) is 0. The summed E-state index contributed by atoms with van der Waals surface area (Å²) in [5.74, 6) is 0. The number of alkyl halides is 15. The molecule has 39 heavy (non-hydrogen) atoms. The summed E-state index contributed by atoms with van der Waals surface area (Å²) >= 11 is 0. The van der Waals surface area contributed by atoms with Gasteiger partial charge in [-0.3, -0.25) is 18.1 Å². The zero-order valence-electron chi connectivity index (χ0n) is 17.8. The second-order valence-electron chi connectivity index (χ2n) is 6.38. The average molecular weight is 672 g/mol. The van der Waals surface area contributed by atoms with Crippen LogP contribution in [-0.4, -0.2) is 63.9 Å². The van der Waals surface area contributed by atoms with Gasteiger partial charge in [0.15, 0.2) is 33.0 Å². The Labute approximate surface area is 205 Å². The van der Waals surface area contributed by atoms with E-state index in [9.17, 15) is 65.9 Å². The van der Waals surface area contributed by atoms with E-state index in [1.165, 1.54) is 0 Å². The molecule has 0 spiro atoms. The first kappa shape index (κ1) is 35.8. The van der Waals surface area contributed by atoms with Gasteiger partial charge in [0.25, 0.3) is 7.58 Å². The molecule has 0 aromatic heterocycles. The van der Waals surface area contributed by atoms with Crippen molar-refractivity contribution in [2.45, 2.75) is 30.9 Å². The lowest BCUT2D eigenvalue weighted by Gasteiger charge is -2.32. The Morgan fingerprint density at radius 1 is 0.487 bits per heavy atom. The molecular weight excluding hydrogens is 662 g/mol. The quantitative estimate of drug-likeness (QED) is 0.0711. The van der Waals surface area contributed by atoms with Gasteiger partial charge in [-0.25, -0.2) is 0 Å². The molecule has 0 N–H and O–H groups in total. The van der Waals surface area contributed by atoms with Crippen LogP contribution in [0, 0.1) is 0 Å². The Morgan fingerprint density at radius 3 is 1.05 bits per heavy atom. The molecule has 0 aliphatic carbocycles. The van der Waals surface area contributed by atoms with Crippen molar-refractivity contribution in [3.8, 4) is 0 Å². The van der Waals surface area contributed by atoms with Crippen LogP contribution in [0.25, 0.3) is 10.4 Å². The predicted molar refractivity (Wildman–Crippen MR) is 97.2 cm³/mol. The zero-order chi connectivity index (χ0) is 30.6. The molecule has 1 unspecified atom stereocenters. The van der Waals surface area contributed by atoms with E-state index >= 15 is 0 Å². The number of azide groups is 1. The fraction of sp³-hybridized carbons (Fsp3) is 1.00. The molecule has 0 aromatic carbocycles.